The van der Waals surface area contributed by atoms with Crippen LogP contribution in [0.1, 0.15) is 35.9 Å². The van der Waals surface area contributed by atoms with Gasteiger partial charge in [0.2, 0.25) is 0 Å². The molecule has 2 aromatic rings. The van der Waals surface area contributed by atoms with Crippen molar-refractivity contribution >= 4 is 0 Å². The summed E-state index contributed by atoms with van der Waals surface area (Å²) in [7, 11) is 0. The van der Waals surface area contributed by atoms with E-state index in [1.165, 1.54) is 29.8 Å². The topological polar surface area (TPSA) is 29.9 Å². The Morgan fingerprint density at radius 3 is 2.44 bits per heavy atom. The van der Waals surface area contributed by atoms with Crippen molar-refractivity contribution in [1.82, 2.24) is 14.9 Å². The second kappa shape index (κ2) is 3.95. The molecule has 2 aliphatic rings. The first-order valence-electron chi connectivity index (χ1n) is 6.75. The Bertz CT molecular complexity index is 547. The van der Waals surface area contributed by atoms with Gasteiger partial charge in [-0.05, 0) is 30.5 Å². The predicted octanol–water partition coefficient (Wildman–Crippen LogP) is 2.44. The van der Waals surface area contributed by atoms with Crippen LogP contribution in [-0.4, -0.2) is 22.6 Å². The summed E-state index contributed by atoms with van der Waals surface area (Å²) in [5.41, 5.74) is 3.91. The summed E-state index contributed by atoms with van der Waals surface area (Å²) in [5, 5.41) is 3.31. The minimum absolute atomic E-state index is 0.712. The molecule has 3 nitrogen and oxygen atoms in total. The van der Waals surface area contributed by atoms with Crippen LogP contribution in [0.25, 0.3) is 5.69 Å². The molecule has 1 aromatic heterocycles. The van der Waals surface area contributed by atoms with E-state index in [0.29, 0.717) is 5.92 Å². The van der Waals surface area contributed by atoms with E-state index in [1.807, 2.05) is 6.33 Å². The van der Waals surface area contributed by atoms with Gasteiger partial charge in [0.1, 0.15) is 0 Å². The van der Waals surface area contributed by atoms with Gasteiger partial charge in [-0.25, -0.2) is 4.98 Å². The van der Waals surface area contributed by atoms with Gasteiger partial charge in [-0.2, -0.15) is 0 Å². The van der Waals surface area contributed by atoms with E-state index in [-0.39, 0.29) is 0 Å². The lowest BCUT2D eigenvalue weighted by Crippen LogP contribution is -2.39. The van der Waals surface area contributed by atoms with E-state index in [2.05, 4.69) is 45.3 Å². The second-order valence-corrected chi connectivity index (χ2v) is 5.43. The molecule has 0 bridgehead atoms. The lowest BCUT2D eigenvalue weighted by Gasteiger charge is -2.27. The Labute approximate surface area is 107 Å². The average Bonchev–Trinajstić information content (AvgIpc) is 3.07. The summed E-state index contributed by atoms with van der Waals surface area (Å²) in [6, 6.07) is 8.90. The number of imidazole rings is 1. The molecule has 1 aliphatic heterocycles. The van der Waals surface area contributed by atoms with E-state index >= 15 is 0 Å². The highest BCUT2D eigenvalue weighted by Crippen LogP contribution is 2.39. The minimum Gasteiger partial charge on any atom is -0.315 e. The fourth-order valence-electron chi connectivity index (χ4n) is 2.51. The van der Waals surface area contributed by atoms with E-state index < -0.39 is 0 Å². The third-order valence-corrected chi connectivity index (χ3v) is 4.04. The lowest BCUT2D eigenvalue weighted by atomic mass is 9.94. The van der Waals surface area contributed by atoms with Crippen LogP contribution in [0.4, 0.5) is 0 Å². The largest absolute Gasteiger partial charge is 0.315 e. The number of benzene rings is 1. The second-order valence-electron chi connectivity index (χ2n) is 5.43. The number of hydrogen-bond donors (Lipinski definition) is 1. The van der Waals surface area contributed by atoms with Crippen molar-refractivity contribution in [1.29, 1.82) is 0 Å². The number of aromatic nitrogens is 2. The molecule has 1 aliphatic carbocycles. The summed E-state index contributed by atoms with van der Waals surface area (Å²) >= 11 is 0. The quantitative estimate of drug-likeness (QED) is 0.891. The highest BCUT2D eigenvalue weighted by molar-refractivity contribution is 5.37. The zero-order valence-corrected chi connectivity index (χ0v) is 10.3. The first kappa shape index (κ1) is 10.3. The Morgan fingerprint density at radius 2 is 1.83 bits per heavy atom. The maximum atomic E-state index is 4.49. The fraction of sp³-hybridized carbons (Fsp3) is 0.400. The van der Waals surface area contributed by atoms with Gasteiger partial charge >= 0.3 is 0 Å². The van der Waals surface area contributed by atoms with Crippen molar-refractivity contribution in [2.24, 2.45) is 0 Å². The first-order valence-corrected chi connectivity index (χ1v) is 6.75. The van der Waals surface area contributed by atoms with Crippen LogP contribution in [0.2, 0.25) is 0 Å². The van der Waals surface area contributed by atoms with E-state index in [4.69, 9.17) is 0 Å². The van der Waals surface area contributed by atoms with E-state index in [0.717, 1.165) is 19.0 Å². The zero-order valence-electron chi connectivity index (χ0n) is 10.3. The van der Waals surface area contributed by atoms with Gasteiger partial charge in [-0.3, -0.25) is 0 Å². The van der Waals surface area contributed by atoms with Gasteiger partial charge < -0.3 is 9.88 Å². The molecule has 2 heterocycles. The van der Waals surface area contributed by atoms with Crippen LogP contribution in [0, 0.1) is 0 Å². The van der Waals surface area contributed by atoms with Crippen LogP contribution in [-0.2, 0) is 0 Å². The SMILES string of the molecule is c1cc(-n2cnc(C3CC3)c2)ccc1C1CNC1. The van der Waals surface area contributed by atoms with Gasteiger partial charge in [0.05, 0.1) is 12.0 Å². The molecule has 1 saturated heterocycles. The monoisotopic (exact) mass is 239 g/mol. The lowest BCUT2D eigenvalue weighted by molar-refractivity contribution is 0.448. The summed E-state index contributed by atoms with van der Waals surface area (Å²) in [4.78, 5) is 4.49. The third kappa shape index (κ3) is 1.75. The van der Waals surface area contributed by atoms with Gasteiger partial charge in [0, 0.05) is 36.8 Å². The molecule has 0 amide bonds. The number of nitrogens with zero attached hydrogens (tertiary/aromatic N) is 2. The van der Waals surface area contributed by atoms with Crippen molar-refractivity contribution in [3.8, 4) is 5.69 Å². The van der Waals surface area contributed by atoms with Crippen molar-refractivity contribution < 1.29 is 0 Å². The molecule has 1 aromatic carbocycles. The first-order chi connectivity index (χ1) is 8.90. The zero-order chi connectivity index (χ0) is 11.9. The van der Waals surface area contributed by atoms with Crippen molar-refractivity contribution in [2.75, 3.05) is 13.1 Å². The number of hydrogen-bond acceptors (Lipinski definition) is 2. The molecule has 0 atom stereocenters. The standard InChI is InChI=1S/C15H17N3/c1-2-12(1)15-9-18(10-17-15)14-5-3-11(4-6-14)13-7-16-8-13/h3-6,9-10,12-13,16H,1-2,7-8H2. The number of nitrogens with one attached hydrogen (secondary N) is 1. The highest BCUT2D eigenvalue weighted by Gasteiger charge is 2.25. The smallest absolute Gasteiger partial charge is 0.0995 e. The molecule has 3 heteroatoms. The van der Waals surface area contributed by atoms with Gasteiger partial charge in [-0.15, -0.1) is 0 Å². The molecule has 2 fully saturated rings. The average molecular weight is 239 g/mol. The minimum atomic E-state index is 0.712. The van der Waals surface area contributed by atoms with E-state index in [1.54, 1.807) is 0 Å². The summed E-state index contributed by atoms with van der Waals surface area (Å²) in [6.45, 7) is 2.24. The van der Waals surface area contributed by atoms with Crippen LogP contribution in [0.5, 0.6) is 0 Å². The molecular weight excluding hydrogens is 222 g/mol. The van der Waals surface area contributed by atoms with Gasteiger partial charge in [0.15, 0.2) is 0 Å². The molecular formula is C15H17N3. The Kier molecular flexibility index (Phi) is 2.27. The molecule has 18 heavy (non-hydrogen) atoms. The summed E-state index contributed by atoms with van der Waals surface area (Å²) in [6.07, 6.45) is 6.74. The maximum Gasteiger partial charge on any atom is 0.0995 e. The Balaban J connectivity index is 1.58. The number of rotatable bonds is 3. The summed E-state index contributed by atoms with van der Waals surface area (Å²) < 4.78 is 2.14. The molecule has 1 N–H and O–H groups in total. The Hall–Kier alpha value is -1.61. The van der Waals surface area contributed by atoms with Crippen molar-refractivity contribution in [2.45, 2.75) is 24.7 Å². The predicted molar refractivity (Wildman–Crippen MR) is 71.1 cm³/mol. The van der Waals surface area contributed by atoms with Crippen LogP contribution in [0.15, 0.2) is 36.8 Å². The van der Waals surface area contributed by atoms with Crippen molar-refractivity contribution in [3.05, 3.63) is 48.0 Å². The normalized spacial score (nSPS) is 19.8. The molecule has 0 spiro atoms. The Morgan fingerprint density at radius 1 is 1.06 bits per heavy atom. The van der Waals surface area contributed by atoms with Crippen LogP contribution < -0.4 is 5.32 Å². The van der Waals surface area contributed by atoms with Crippen molar-refractivity contribution in [3.63, 3.8) is 0 Å². The molecule has 0 unspecified atom stereocenters. The fourth-order valence-corrected chi connectivity index (χ4v) is 2.51. The molecule has 1 saturated carbocycles. The van der Waals surface area contributed by atoms with Crippen LogP contribution >= 0.6 is 0 Å². The molecule has 92 valence electrons. The molecule has 4 rings (SSSR count). The third-order valence-electron chi connectivity index (χ3n) is 4.04. The maximum absolute atomic E-state index is 4.49. The van der Waals surface area contributed by atoms with Gasteiger partial charge in [0.25, 0.3) is 0 Å². The van der Waals surface area contributed by atoms with Crippen LogP contribution in [0.3, 0.4) is 0 Å². The summed E-state index contributed by atoms with van der Waals surface area (Å²) in [5.74, 6) is 1.44. The highest BCUT2D eigenvalue weighted by atomic mass is 15.0. The van der Waals surface area contributed by atoms with Gasteiger partial charge in [-0.1, -0.05) is 12.1 Å². The molecule has 0 radical (unpaired) electrons. The van der Waals surface area contributed by atoms with E-state index in [9.17, 15) is 0 Å².